The molecule has 0 spiro atoms. The number of amides is 1. The molecule has 0 fully saturated rings. The first-order valence-corrected chi connectivity index (χ1v) is 9.64. The normalized spacial score (nSPS) is 10.6. The quantitative estimate of drug-likeness (QED) is 0.487. The topological polar surface area (TPSA) is 91.8 Å². The number of anilines is 1. The van der Waals surface area contributed by atoms with Crippen molar-refractivity contribution in [3.05, 3.63) is 71.8 Å². The second-order valence-corrected chi connectivity index (χ2v) is 6.69. The molecule has 3 aromatic rings. The predicted octanol–water partition coefficient (Wildman–Crippen LogP) is 2.68. The Morgan fingerprint density at radius 3 is 2.59 bits per heavy atom. The summed E-state index contributed by atoms with van der Waals surface area (Å²) >= 11 is 0. The van der Waals surface area contributed by atoms with E-state index in [4.69, 9.17) is 0 Å². The Bertz CT molecular complexity index is 945. The van der Waals surface area contributed by atoms with Gasteiger partial charge in [0.2, 0.25) is 11.9 Å². The van der Waals surface area contributed by atoms with E-state index in [0.29, 0.717) is 38.0 Å². The smallest absolute Gasteiger partial charge is 0.226 e. The van der Waals surface area contributed by atoms with Gasteiger partial charge < -0.3 is 16.0 Å². The molecule has 0 aliphatic carbocycles. The van der Waals surface area contributed by atoms with Crippen molar-refractivity contribution in [1.82, 2.24) is 25.6 Å². The number of rotatable bonds is 9. The van der Waals surface area contributed by atoms with Crippen molar-refractivity contribution in [2.75, 3.05) is 18.4 Å². The average molecular weight is 390 g/mol. The van der Waals surface area contributed by atoms with Crippen LogP contribution in [0.3, 0.4) is 0 Å². The van der Waals surface area contributed by atoms with Crippen LogP contribution >= 0.6 is 0 Å². The number of hydrogen-bond acceptors (Lipinski definition) is 6. The van der Waals surface area contributed by atoms with Gasteiger partial charge in [-0.1, -0.05) is 48.5 Å². The van der Waals surface area contributed by atoms with Crippen molar-refractivity contribution in [2.45, 2.75) is 26.9 Å². The largest absolute Gasteiger partial charge is 0.355 e. The summed E-state index contributed by atoms with van der Waals surface area (Å²) in [6, 6.07) is 16.7. The third kappa shape index (κ3) is 6.08. The van der Waals surface area contributed by atoms with Gasteiger partial charge in [-0.15, -0.1) is 0 Å². The van der Waals surface area contributed by atoms with Gasteiger partial charge in [0, 0.05) is 26.6 Å². The van der Waals surface area contributed by atoms with E-state index in [0.717, 1.165) is 0 Å². The minimum Gasteiger partial charge on any atom is -0.355 e. The van der Waals surface area contributed by atoms with Crippen molar-refractivity contribution in [3.8, 4) is 11.1 Å². The Morgan fingerprint density at radius 2 is 1.79 bits per heavy atom. The molecule has 0 saturated heterocycles. The number of nitrogens with one attached hydrogen (secondary N) is 3. The molecule has 0 bridgehead atoms. The molecule has 2 aromatic carbocycles. The maximum Gasteiger partial charge on any atom is 0.226 e. The second kappa shape index (κ2) is 10.3. The van der Waals surface area contributed by atoms with E-state index in [-0.39, 0.29) is 5.91 Å². The first-order chi connectivity index (χ1) is 14.1. The maximum absolute atomic E-state index is 10.9. The van der Waals surface area contributed by atoms with Gasteiger partial charge in [-0.05, 0) is 29.2 Å². The monoisotopic (exact) mass is 390 g/mol. The van der Waals surface area contributed by atoms with E-state index in [1.54, 1.807) is 0 Å². The fourth-order valence-corrected chi connectivity index (χ4v) is 3.01. The van der Waals surface area contributed by atoms with Gasteiger partial charge in [-0.2, -0.15) is 4.98 Å². The predicted molar refractivity (Wildman–Crippen MR) is 114 cm³/mol. The summed E-state index contributed by atoms with van der Waals surface area (Å²) < 4.78 is 0. The summed E-state index contributed by atoms with van der Waals surface area (Å²) in [5.41, 5.74) is 4.87. The third-order valence-corrected chi connectivity index (χ3v) is 4.55. The molecule has 7 heteroatoms. The Labute approximate surface area is 171 Å². The highest BCUT2D eigenvalue weighted by Crippen LogP contribution is 2.25. The lowest BCUT2D eigenvalue weighted by Crippen LogP contribution is -2.30. The van der Waals surface area contributed by atoms with Gasteiger partial charge in [0.15, 0.2) is 0 Å². The van der Waals surface area contributed by atoms with Crippen LogP contribution in [0.1, 0.15) is 23.9 Å². The van der Waals surface area contributed by atoms with Crippen LogP contribution in [0.5, 0.6) is 0 Å². The van der Waals surface area contributed by atoms with Crippen LogP contribution in [0.25, 0.3) is 11.1 Å². The lowest BCUT2D eigenvalue weighted by molar-refractivity contribution is -0.118. The summed E-state index contributed by atoms with van der Waals surface area (Å²) in [7, 11) is 0. The molecule has 0 saturated carbocycles. The fraction of sp³-hybridized carbons (Fsp3) is 0.273. The van der Waals surface area contributed by atoms with Crippen molar-refractivity contribution in [1.29, 1.82) is 0 Å². The first kappa shape index (κ1) is 20.4. The van der Waals surface area contributed by atoms with E-state index in [9.17, 15) is 4.79 Å². The van der Waals surface area contributed by atoms with Gasteiger partial charge in [0.1, 0.15) is 12.2 Å². The molecule has 0 aliphatic heterocycles. The number of carbonyl (C=O) groups excluding carboxylic acids is 1. The van der Waals surface area contributed by atoms with E-state index < -0.39 is 0 Å². The Hall–Kier alpha value is -3.32. The maximum atomic E-state index is 10.9. The van der Waals surface area contributed by atoms with Gasteiger partial charge in [0.25, 0.3) is 0 Å². The lowest BCUT2D eigenvalue weighted by Gasteiger charge is -2.13. The van der Waals surface area contributed by atoms with E-state index >= 15 is 0 Å². The van der Waals surface area contributed by atoms with Gasteiger partial charge in [-0.3, -0.25) is 4.79 Å². The molecule has 150 valence electrons. The Balaban J connectivity index is 1.58. The van der Waals surface area contributed by atoms with E-state index in [1.807, 2.05) is 6.07 Å². The molecule has 0 aliphatic rings. The summed E-state index contributed by atoms with van der Waals surface area (Å²) in [5.74, 6) is 1.16. The minimum atomic E-state index is -0.0370. The van der Waals surface area contributed by atoms with Gasteiger partial charge in [0.05, 0.1) is 6.54 Å². The van der Waals surface area contributed by atoms with Crippen molar-refractivity contribution in [2.24, 2.45) is 0 Å². The zero-order valence-corrected chi connectivity index (χ0v) is 16.8. The number of hydrogen-bond donors (Lipinski definition) is 3. The molecular formula is C22H26N6O. The zero-order chi connectivity index (χ0) is 20.5. The summed E-state index contributed by atoms with van der Waals surface area (Å²) in [6.07, 6.45) is 1.51. The Kier molecular flexibility index (Phi) is 7.24. The standard InChI is InChI=1S/C22H26N6O/c1-16-19(9-6-10-20(16)18-7-4-3-5-8-18)13-25-22-27-15-26-21(28-22)14-23-11-12-24-17(2)29/h3-10,15,23H,11-14H2,1-2H3,(H,24,29)(H,25,26,27,28). The number of aromatic nitrogens is 3. The summed E-state index contributed by atoms with van der Waals surface area (Å²) in [4.78, 5) is 23.7. The third-order valence-electron chi connectivity index (χ3n) is 4.55. The molecule has 29 heavy (non-hydrogen) atoms. The van der Waals surface area contributed by atoms with Crippen LogP contribution in [0, 0.1) is 6.92 Å². The number of benzene rings is 2. The highest BCUT2D eigenvalue weighted by molar-refractivity contribution is 5.72. The zero-order valence-electron chi connectivity index (χ0n) is 16.8. The summed E-state index contributed by atoms with van der Waals surface area (Å²) in [6.45, 7) is 6.01. The van der Waals surface area contributed by atoms with Gasteiger partial charge >= 0.3 is 0 Å². The molecule has 0 atom stereocenters. The van der Waals surface area contributed by atoms with E-state index in [2.05, 4.69) is 80.3 Å². The Morgan fingerprint density at radius 1 is 0.966 bits per heavy atom. The highest BCUT2D eigenvalue weighted by atomic mass is 16.1. The molecular weight excluding hydrogens is 364 g/mol. The molecule has 0 radical (unpaired) electrons. The molecule has 1 heterocycles. The molecule has 3 rings (SSSR count). The number of nitrogens with zero attached hydrogens (tertiary/aromatic N) is 3. The second-order valence-electron chi connectivity index (χ2n) is 6.69. The SMILES string of the molecule is CC(=O)NCCNCc1ncnc(NCc2cccc(-c3ccccc3)c2C)n1. The highest BCUT2D eigenvalue weighted by Gasteiger charge is 2.07. The fourth-order valence-electron chi connectivity index (χ4n) is 3.01. The van der Waals surface area contributed by atoms with Crippen LogP contribution in [-0.4, -0.2) is 33.9 Å². The average Bonchev–Trinajstić information content (AvgIpc) is 2.73. The van der Waals surface area contributed by atoms with Gasteiger partial charge in [-0.25, -0.2) is 9.97 Å². The van der Waals surface area contributed by atoms with Crippen molar-refractivity contribution in [3.63, 3.8) is 0 Å². The van der Waals surface area contributed by atoms with Crippen LogP contribution in [-0.2, 0) is 17.9 Å². The number of carbonyl (C=O) groups is 1. The first-order valence-electron chi connectivity index (χ1n) is 9.64. The molecule has 1 aromatic heterocycles. The van der Waals surface area contributed by atoms with Crippen molar-refractivity contribution >= 4 is 11.9 Å². The molecule has 1 amide bonds. The van der Waals surface area contributed by atoms with Crippen LogP contribution < -0.4 is 16.0 Å². The van der Waals surface area contributed by atoms with Crippen LogP contribution in [0.4, 0.5) is 5.95 Å². The molecule has 0 unspecified atom stereocenters. The van der Waals surface area contributed by atoms with Crippen LogP contribution in [0.2, 0.25) is 0 Å². The van der Waals surface area contributed by atoms with Crippen molar-refractivity contribution < 1.29 is 4.79 Å². The summed E-state index contributed by atoms with van der Waals surface area (Å²) in [5, 5.41) is 9.22. The minimum absolute atomic E-state index is 0.0370. The molecule has 7 nitrogen and oxygen atoms in total. The molecule has 3 N–H and O–H groups in total. The van der Waals surface area contributed by atoms with Crippen LogP contribution in [0.15, 0.2) is 54.9 Å². The van der Waals surface area contributed by atoms with E-state index in [1.165, 1.54) is 35.5 Å². The lowest BCUT2D eigenvalue weighted by atomic mass is 9.96.